The maximum absolute atomic E-state index is 10.7. The molecule has 1 amide bonds. The highest BCUT2D eigenvalue weighted by Crippen LogP contribution is 2.27. The van der Waals surface area contributed by atoms with Gasteiger partial charge in [-0.25, -0.2) is 0 Å². The molecule has 1 N–H and O–H groups in total. The third-order valence-corrected chi connectivity index (χ3v) is 3.59. The highest BCUT2D eigenvalue weighted by molar-refractivity contribution is 7.15. The number of nitrogens with one attached hydrogen (secondary N) is 1. The maximum Gasteiger partial charge on any atom is 0.216 e. The first kappa shape index (κ1) is 11.9. The van der Waals surface area contributed by atoms with Crippen molar-refractivity contribution < 1.29 is 4.79 Å². The van der Waals surface area contributed by atoms with Gasteiger partial charge in [-0.3, -0.25) is 9.48 Å². The predicted molar refractivity (Wildman–Crippen MR) is 68.9 cm³/mol. The van der Waals surface area contributed by atoms with E-state index in [2.05, 4.69) is 22.5 Å². The summed E-state index contributed by atoms with van der Waals surface area (Å²) in [7, 11) is 1.91. The molecule has 5 heteroatoms. The molecule has 0 saturated carbocycles. The summed E-state index contributed by atoms with van der Waals surface area (Å²) in [6, 6.07) is 4.21. The largest absolute Gasteiger partial charge is 0.356 e. The Labute approximate surface area is 104 Å². The number of hydrogen-bond acceptors (Lipinski definition) is 3. The molecule has 0 aliphatic carbocycles. The van der Waals surface area contributed by atoms with Crippen LogP contribution < -0.4 is 5.32 Å². The monoisotopic (exact) mass is 249 g/mol. The number of hydrogen-bond donors (Lipinski definition) is 1. The van der Waals surface area contributed by atoms with Crippen LogP contribution in [0, 0.1) is 0 Å². The van der Waals surface area contributed by atoms with Crippen LogP contribution in [-0.2, 0) is 18.3 Å². The summed E-state index contributed by atoms with van der Waals surface area (Å²) in [6.45, 7) is 2.23. The molecule has 0 fully saturated rings. The normalized spacial score (nSPS) is 10.5. The molecule has 2 aromatic rings. The van der Waals surface area contributed by atoms with Crippen LogP contribution in [0.3, 0.4) is 0 Å². The van der Waals surface area contributed by atoms with Gasteiger partial charge in [-0.15, -0.1) is 11.3 Å². The number of thiophene rings is 1. The number of carbonyl (C=O) groups is 1. The van der Waals surface area contributed by atoms with Crippen molar-refractivity contribution in [1.29, 1.82) is 0 Å². The molecule has 4 nitrogen and oxygen atoms in total. The average Bonchev–Trinajstić information content (AvgIpc) is 2.86. The number of carbonyl (C=O) groups excluding carboxylic acids is 1. The van der Waals surface area contributed by atoms with Gasteiger partial charge in [0.1, 0.15) is 0 Å². The first-order valence-corrected chi connectivity index (χ1v) is 6.29. The van der Waals surface area contributed by atoms with Crippen LogP contribution in [0.2, 0.25) is 0 Å². The van der Waals surface area contributed by atoms with Gasteiger partial charge in [0.2, 0.25) is 5.91 Å². The van der Waals surface area contributed by atoms with Gasteiger partial charge in [0.15, 0.2) is 0 Å². The van der Waals surface area contributed by atoms with Crippen molar-refractivity contribution in [3.05, 3.63) is 29.4 Å². The number of aromatic nitrogens is 2. The van der Waals surface area contributed by atoms with Gasteiger partial charge in [-0.05, 0) is 18.6 Å². The first-order chi connectivity index (χ1) is 8.15. The predicted octanol–water partition coefficient (Wildman–Crippen LogP) is 1.83. The lowest BCUT2D eigenvalue weighted by Gasteiger charge is -1.98. The van der Waals surface area contributed by atoms with E-state index in [0.717, 1.165) is 12.0 Å². The Morgan fingerprint density at radius 1 is 1.53 bits per heavy atom. The molecule has 0 radical (unpaired) electrons. The van der Waals surface area contributed by atoms with Crippen molar-refractivity contribution in [3.63, 3.8) is 0 Å². The van der Waals surface area contributed by atoms with Gasteiger partial charge in [0.25, 0.3) is 0 Å². The fourth-order valence-corrected chi connectivity index (χ4v) is 2.56. The van der Waals surface area contributed by atoms with Crippen LogP contribution in [0.25, 0.3) is 10.4 Å². The Morgan fingerprint density at radius 3 is 3.00 bits per heavy atom. The summed E-state index contributed by atoms with van der Waals surface area (Å²) in [5.74, 6) is 0.0223. The van der Waals surface area contributed by atoms with Gasteiger partial charge >= 0.3 is 0 Å². The van der Waals surface area contributed by atoms with Crippen molar-refractivity contribution >= 4 is 17.2 Å². The third-order valence-electron chi connectivity index (χ3n) is 2.40. The van der Waals surface area contributed by atoms with E-state index >= 15 is 0 Å². The molecular formula is C12H15N3OS. The second kappa shape index (κ2) is 5.14. The smallest absolute Gasteiger partial charge is 0.216 e. The molecule has 2 aromatic heterocycles. The lowest BCUT2D eigenvalue weighted by Crippen LogP contribution is -2.21. The molecular weight excluding hydrogens is 234 g/mol. The highest BCUT2D eigenvalue weighted by Gasteiger charge is 2.04. The van der Waals surface area contributed by atoms with Crippen LogP contribution in [0.4, 0.5) is 0 Å². The average molecular weight is 249 g/mol. The standard InChI is InChI=1S/C12H15N3OS/c1-9(16)13-6-5-11-3-4-12(17-11)10-7-14-15(2)8-10/h3-4,7-8H,5-6H2,1-2H3,(H,13,16). The Kier molecular flexibility index (Phi) is 3.58. The Bertz CT molecular complexity index is 515. The van der Waals surface area contributed by atoms with Crippen LogP contribution >= 0.6 is 11.3 Å². The molecule has 0 atom stereocenters. The van der Waals surface area contributed by atoms with E-state index in [1.54, 1.807) is 16.0 Å². The van der Waals surface area contributed by atoms with E-state index in [-0.39, 0.29) is 5.91 Å². The molecule has 17 heavy (non-hydrogen) atoms. The Hall–Kier alpha value is -1.62. The van der Waals surface area contributed by atoms with Crippen molar-refractivity contribution in [1.82, 2.24) is 15.1 Å². The quantitative estimate of drug-likeness (QED) is 0.898. The minimum Gasteiger partial charge on any atom is -0.356 e. The Balaban J connectivity index is 1.98. The molecule has 0 aliphatic heterocycles. The Morgan fingerprint density at radius 2 is 2.35 bits per heavy atom. The molecule has 0 spiro atoms. The number of nitrogens with zero attached hydrogens (tertiary/aromatic N) is 2. The van der Waals surface area contributed by atoms with Crippen molar-refractivity contribution in [2.24, 2.45) is 7.05 Å². The van der Waals surface area contributed by atoms with Crippen molar-refractivity contribution in [3.8, 4) is 10.4 Å². The van der Waals surface area contributed by atoms with Gasteiger partial charge < -0.3 is 5.32 Å². The zero-order valence-electron chi connectivity index (χ0n) is 9.93. The highest BCUT2D eigenvalue weighted by atomic mass is 32.1. The molecule has 90 valence electrons. The minimum absolute atomic E-state index is 0.0223. The molecule has 0 aromatic carbocycles. The lowest BCUT2D eigenvalue weighted by atomic mass is 10.3. The summed E-state index contributed by atoms with van der Waals surface area (Å²) < 4.78 is 1.80. The summed E-state index contributed by atoms with van der Waals surface area (Å²) in [5, 5.41) is 6.95. The number of amides is 1. The van der Waals surface area contributed by atoms with Gasteiger partial charge in [0.05, 0.1) is 6.20 Å². The zero-order chi connectivity index (χ0) is 12.3. The molecule has 0 unspecified atom stereocenters. The number of rotatable bonds is 4. The molecule has 2 heterocycles. The summed E-state index contributed by atoms with van der Waals surface area (Å²) in [4.78, 5) is 13.2. The minimum atomic E-state index is 0.0223. The van der Waals surface area contributed by atoms with Crippen LogP contribution in [-0.4, -0.2) is 22.2 Å². The fourth-order valence-electron chi connectivity index (χ4n) is 1.58. The summed E-state index contributed by atoms with van der Waals surface area (Å²) >= 11 is 1.75. The molecule has 0 aliphatic rings. The third kappa shape index (κ3) is 3.17. The summed E-state index contributed by atoms with van der Waals surface area (Å²) in [5.41, 5.74) is 1.14. The van der Waals surface area contributed by atoms with Gasteiger partial charge in [-0.1, -0.05) is 0 Å². The topological polar surface area (TPSA) is 46.9 Å². The second-order valence-corrected chi connectivity index (χ2v) is 5.07. The molecule has 0 saturated heterocycles. The molecule has 0 bridgehead atoms. The van der Waals surface area contributed by atoms with Gasteiger partial charge in [0, 0.05) is 42.0 Å². The van der Waals surface area contributed by atoms with E-state index in [1.807, 2.05) is 19.4 Å². The van der Waals surface area contributed by atoms with Crippen LogP contribution in [0.1, 0.15) is 11.8 Å². The van der Waals surface area contributed by atoms with Crippen LogP contribution in [0.15, 0.2) is 24.5 Å². The van der Waals surface area contributed by atoms with E-state index in [1.165, 1.54) is 16.7 Å². The maximum atomic E-state index is 10.7. The zero-order valence-corrected chi connectivity index (χ0v) is 10.8. The van der Waals surface area contributed by atoms with Crippen molar-refractivity contribution in [2.75, 3.05) is 6.54 Å². The fraction of sp³-hybridized carbons (Fsp3) is 0.333. The number of aryl methyl sites for hydroxylation is 1. The second-order valence-electron chi connectivity index (χ2n) is 3.90. The van der Waals surface area contributed by atoms with E-state index < -0.39 is 0 Å². The first-order valence-electron chi connectivity index (χ1n) is 5.47. The van der Waals surface area contributed by atoms with E-state index in [0.29, 0.717) is 6.54 Å². The lowest BCUT2D eigenvalue weighted by molar-refractivity contribution is -0.118. The van der Waals surface area contributed by atoms with Gasteiger partial charge in [-0.2, -0.15) is 5.10 Å². The molecule has 2 rings (SSSR count). The van der Waals surface area contributed by atoms with Crippen molar-refractivity contribution in [2.45, 2.75) is 13.3 Å². The SMILES string of the molecule is CC(=O)NCCc1ccc(-c2cnn(C)c2)s1. The van der Waals surface area contributed by atoms with E-state index in [4.69, 9.17) is 0 Å². The summed E-state index contributed by atoms with van der Waals surface area (Å²) in [6.07, 6.45) is 4.75. The van der Waals surface area contributed by atoms with E-state index in [9.17, 15) is 4.79 Å². The van der Waals surface area contributed by atoms with Crippen LogP contribution in [0.5, 0.6) is 0 Å².